The minimum Gasteiger partial charge on any atom is -0.392 e. The minimum absolute atomic E-state index is 0.0145. The number of hydrogen-bond donors (Lipinski definition) is 2. The summed E-state index contributed by atoms with van der Waals surface area (Å²) < 4.78 is 0. The first kappa shape index (κ1) is 17.4. The Labute approximate surface area is 147 Å². The molecule has 0 spiro atoms. The monoisotopic (exact) mass is 337 g/mol. The average molecular weight is 337 g/mol. The SMILES string of the molecule is O=C(CCC(=O)c1ccc2c(c1)CCC2)NCc1ccccc1CO. The van der Waals surface area contributed by atoms with E-state index in [4.69, 9.17) is 0 Å². The lowest BCUT2D eigenvalue weighted by atomic mass is 10.0. The molecule has 0 saturated carbocycles. The first-order valence-corrected chi connectivity index (χ1v) is 8.76. The first-order chi connectivity index (χ1) is 12.2. The van der Waals surface area contributed by atoms with Crippen LogP contribution >= 0.6 is 0 Å². The van der Waals surface area contributed by atoms with Crippen molar-refractivity contribution in [1.82, 2.24) is 5.32 Å². The lowest BCUT2D eigenvalue weighted by molar-refractivity contribution is -0.121. The lowest BCUT2D eigenvalue weighted by Gasteiger charge is -2.09. The number of carbonyl (C=O) groups excluding carboxylic acids is 2. The predicted octanol–water partition coefficient (Wildman–Crippen LogP) is 2.95. The third kappa shape index (κ3) is 4.34. The highest BCUT2D eigenvalue weighted by Gasteiger charge is 2.15. The number of Topliss-reactive ketones (excluding diaryl/α,β-unsaturated/α-hetero) is 1. The van der Waals surface area contributed by atoms with Crippen molar-refractivity contribution in [2.75, 3.05) is 0 Å². The summed E-state index contributed by atoms with van der Waals surface area (Å²) in [6.07, 6.45) is 3.69. The summed E-state index contributed by atoms with van der Waals surface area (Å²) in [7, 11) is 0. The molecule has 25 heavy (non-hydrogen) atoms. The Morgan fingerprint density at radius 1 is 0.960 bits per heavy atom. The molecule has 2 aromatic carbocycles. The molecule has 1 amide bonds. The van der Waals surface area contributed by atoms with Gasteiger partial charge in [0.15, 0.2) is 5.78 Å². The molecule has 2 N–H and O–H groups in total. The summed E-state index contributed by atoms with van der Waals surface area (Å²) in [5.74, 6) is -0.136. The number of hydrogen-bond acceptors (Lipinski definition) is 3. The van der Waals surface area contributed by atoms with Crippen LogP contribution in [0.1, 0.15) is 51.9 Å². The Morgan fingerprint density at radius 2 is 1.72 bits per heavy atom. The number of nitrogens with one attached hydrogen (secondary N) is 1. The molecule has 0 saturated heterocycles. The fourth-order valence-electron chi connectivity index (χ4n) is 3.28. The highest BCUT2D eigenvalue weighted by atomic mass is 16.3. The average Bonchev–Trinajstić information content (AvgIpc) is 3.12. The Hall–Kier alpha value is -2.46. The number of benzene rings is 2. The predicted molar refractivity (Wildman–Crippen MR) is 96.2 cm³/mol. The quantitative estimate of drug-likeness (QED) is 0.764. The van der Waals surface area contributed by atoms with Gasteiger partial charge in [0.25, 0.3) is 0 Å². The van der Waals surface area contributed by atoms with E-state index in [1.54, 1.807) is 0 Å². The normalized spacial score (nSPS) is 12.7. The molecule has 0 unspecified atom stereocenters. The van der Waals surface area contributed by atoms with Crippen molar-refractivity contribution >= 4 is 11.7 Å². The summed E-state index contributed by atoms with van der Waals surface area (Å²) in [5, 5.41) is 12.1. The van der Waals surface area contributed by atoms with E-state index in [1.165, 1.54) is 11.1 Å². The van der Waals surface area contributed by atoms with Crippen molar-refractivity contribution in [3.8, 4) is 0 Å². The second-order valence-corrected chi connectivity index (χ2v) is 6.46. The van der Waals surface area contributed by atoms with Crippen LogP contribution in [0.25, 0.3) is 0 Å². The third-order valence-electron chi connectivity index (χ3n) is 4.76. The molecule has 0 aromatic heterocycles. The summed E-state index contributed by atoms with van der Waals surface area (Å²) in [5.41, 5.74) is 5.02. The van der Waals surface area contributed by atoms with Crippen molar-refractivity contribution in [2.24, 2.45) is 0 Å². The van der Waals surface area contributed by atoms with Gasteiger partial charge in [0, 0.05) is 24.9 Å². The van der Waals surface area contributed by atoms with E-state index in [2.05, 4.69) is 5.32 Å². The van der Waals surface area contributed by atoms with Gasteiger partial charge in [-0.1, -0.05) is 36.4 Å². The van der Waals surface area contributed by atoms with Gasteiger partial charge in [0.05, 0.1) is 6.61 Å². The van der Waals surface area contributed by atoms with Gasteiger partial charge in [-0.05, 0) is 47.6 Å². The van der Waals surface area contributed by atoms with Crippen molar-refractivity contribution in [3.63, 3.8) is 0 Å². The molecule has 1 aliphatic carbocycles. The van der Waals surface area contributed by atoms with E-state index in [-0.39, 0.29) is 31.1 Å². The number of aliphatic hydroxyl groups excluding tert-OH is 1. The summed E-state index contributed by atoms with van der Waals surface area (Å²) in [6.45, 7) is 0.311. The molecule has 4 nitrogen and oxygen atoms in total. The molecule has 3 rings (SSSR count). The fourth-order valence-corrected chi connectivity index (χ4v) is 3.28. The number of carbonyl (C=O) groups is 2. The van der Waals surface area contributed by atoms with Crippen molar-refractivity contribution < 1.29 is 14.7 Å². The van der Waals surface area contributed by atoms with Crippen LogP contribution in [0.4, 0.5) is 0 Å². The number of rotatable bonds is 7. The third-order valence-corrected chi connectivity index (χ3v) is 4.76. The van der Waals surface area contributed by atoms with E-state index in [9.17, 15) is 14.7 Å². The minimum atomic E-state index is -0.151. The summed E-state index contributed by atoms with van der Waals surface area (Å²) in [4.78, 5) is 24.3. The maximum atomic E-state index is 12.3. The second-order valence-electron chi connectivity index (χ2n) is 6.46. The molecule has 0 fully saturated rings. The van der Waals surface area contributed by atoms with Gasteiger partial charge in [-0.2, -0.15) is 0 Å². The first-order valence-electron chi connectivity index (χ1n) is 8.76. The number of ketones is 1. The highest BCUT2D eigenvalue weighted by molar-refractivity contribution is 5.98. The molecule has 1 aliphatic rings. The smallest absolute Gasteiger partial charge is 0.220 e. The van der Waals surface area contributed by atoms with E-state index in [0.29, 0.717) is 12.1 Å². The van der Waals surface area contributed by atoms with Crippen LogP contribution in [0.15, 0.2) is 42.5 Å². The standard InChI is InChI=1S/C21H23NO3/c23-14-19-5-2-1-4-18(19)13-22-21(25)11-10-20(24)17-9-8-15-6-3-7-16(15)12-17/h1-2,4-5,8-9,12,23H,3,6-7,10-11,13-14H2,(H,22,25). The number of amides is 1. The Balaban J connectivity index is 1.49. The molecule has 4 heteroatoms. The molecule has 130 valence electrons. The molecule has 0 atom stereocenters. The van der Waals surface area contributed by atoms with Crippen molar-refractivity contribution in [2.45, 2.75) is 45.3 Å². The van der Waals surface area contributed by atoms with Crippen LogP contribution < -0.4 is 5.32 Å². The van der Waals surface area contributed by atoms with Gasteiger partial charge in [-0.25, -0.2) is 0 Å². The van der Waals surface area contributed by atoms with E-state index in [0.717, 1.165) is 30.4 Å². The van der Waals surface area contributed by atoms with Gasteiger partial charge in [-0.15, -0.1) is 0 Å². The zero-order valence-corrected chi connectivity index (χ0v) is 14.3. The molecule has 0 heterocycles. The number of aliphatic hydroxyl groups is 1. The summed E-state index contributed by atoms with van der Waals surface area (Å²) >= 11 is 0. The maximum Gasteiger partial charge on any atom is 0.220 e. The van der Waals surface area contributed by atoms with Gasteiger partial charge in [-0.3, -0.25) is 9.59 Å². The molecule has 0 bridgehead atoms. The van der Waals surface area contributed by atoms with Crippen LogP contribution in [0, 0.1) is 0 Å². The Kier molecular flexibility index (Phi) is 5.61. The van der Waals surface area contributed by atoms with Crippen LogP contribution in [0.2, 0.25) is 0 Å². The number of fused-ring (bicyclic) bond motifs is 1. The van der Waals surface area contributed by atoms with E-state index >= 15 is 0 Å². The van der Waals surface area contributed by atoms with Crippen LogP contribution in [-0.4, -0.2) is 16.8 Å². The van der Waals surface area contributed by atoms with Crippen LogP contribution in [0.5, 0.6) is 0 Å². The molecular formula is C21H23NO3. The molecule has 0 radical (unpaired) electrons. The highest BCUT2D eigenvalue weighted by Crippen LogP contribution is 2.23. The van der Waals surface area contributed by atoms with Gasteiger partial charge in [0.2, 0.25) is 5.91 Å². The van der Waals surface area contributed by atoms with Crippen molar-refractivity contribution in [3.05, 3.63) is 70.3 Å². The van der Waals surface area contributed by atoms with Gasteiger partial charge in [0.1, 0.15) is 0 Å². The van der Waals surface area contributed by atoms with Crippen molar-refractivity contribution in [1.29, 1.82) is 0 Å². The van der Waals surface area contributed by atoms with Gasteiger partial charge < -0.3 is 10.4 Å². The second kappa shape index (κ2) is 8.08. The van der Waals surface area contributed by atoms with Crippen LogP contribution in [0.3, 0.4) is 0 Å². The summed E-state index contributed by atoms with van der Waals surface area (Å²) in [6, 6.07) is 13.3. The largest absolute Gasteiger partial charge is 0.392 e. The topological polar surface area (TPSA) is 66.4 Å². The number of aryl methyl sites for hydroxylation is 2. The zero-order chi connectivity index (χ0) is 17.6. The van der Waals surface area contributed by atoms with E-state index in [1.807, 2.05) is 42.5 Å². The Morgan fingerprint density at radius 3 is 2.52 bits per heavy atom. The van der Waals surface area contributed by atoms with E-state index < -0.39 is 0 Å². The van der Waals surface area contributed by atoms with Crippen LogP contribution in [-0.2, 0) is 30.8 Å². The molecule has 2 aromatic rings. The fraction of sp³-hybridized carbons (Fsp3) is 0.333. The molecular weight excluding hydrogens is 314 g/mol. The zero-order valence-electron chi connectivity index (χ0n) is 14.3. The Bertz CT molecular complexity index is 782. The molecule has 0 aliphatic heterocycles. The van der Waals surface area contributed by atoms with Gasteiger partial charge >= 0.3 is 0 Å². The lowest BCUT2D eigenvalue weighted by Crippen LogP contribution is -2.23. The maximum absolute atomic E-state index is 12.3.